The predicted molar refractivity (Wildman–Crippen MR) is 107 cm³/mol. The zero-order valence-electron chi connectivity index (χ0n) is 16.4. The number of likely N-dealkylation sites (tertiary alicyclic amines) is 1. The van der Waals surface area contributed by atoms with Crippen LogP contribution in [0.2, 0.25) is 0 Å². The molecule has 0 unspecified atom stereocenters. The third-order valence-corrected chi connectivity index (χ3v) is 5.02. The van der Waals surface area contributed by atoms with Gasteiger partial charge >= 0.3 is 0 Å². The fraction of sp³-hybridized carbons (Fsp3) is 0.364. The second-order valence-corrected chi connectivity index (χ2v) is 6.96. The molecule has 1 heterocycles. The number of carbonyl (C=O) groups excluding carboxylic acids is 2. The highest BCUT2D eigenvalue weighted by molar-refractivity contribution is 5.94. The van der Waals surface area contributed by atoms with Crippen molar-refractivity contribution >= 4 is 11.8 Å². The van der Waals surface area contributed by atoms with Gasteiger partial charge in [-0.05, 0) is 43.0 Å². The highest BCUT2D eigenvalue weighted by Crippen LogP contribution is 2.25. The Hall–Kier alpha value is -3.09. The summed E-state index contributed by atoms with van der Waals surface area (Å²) in [4.78, 5) is 26.2. The van der Waals surface area contributed by atoms with E-state index in [1.165, 1.54) is 12.1 Å². The van der Waals surface area contributed by atoms with Gasteiger partial charge in [-0.1, -0.05) is 24.3 Å². The molecule has 7 heteroatoms. The largest absolute Gasteiger partial charge is 0.493 e. The Balaban J connectivity index is 1.40. The predicted octanol–water partition coefficient (Wildman–Crippen LogP) is 2.88. The van der Waals surface area contributed by atoms with Gasteiger partial charge in [-0.2, -0.15) is 0 Å². The number of piperidine rings is 1. The molecule has 0 aliphatic carbocycles. The Bertz CT molecular complexity index is 850. The van der Waals surface area contributed by atoms with Crippen molar-refractivity contribution in [2.45, 2.75) is 12.8 Å². The van der Waals surface area contributed by atoms with Gasteiger partial charge in [-0.15, -0.1) is 0 Å². The van der Waals surface area contributed by atoms with Gasteiger partial charge in [-0.25, -0.2) is 4.39 Å². The quantitative estimate of drug-likeness (QED) is 0.776. The lowest BCUT2D eigenvalue weighted by atomic mass is 9.96. The van der Waals surface area contributed by atoms with Crippen LogP contribution in [0.5, 0.6) is 11.5 Å². The molecule has 154 valence electrons. The summed E-state index contributed by atoms with van der Waals surface area (Å²) in [6.45, 7) is 1.53. The summed E-state index contributed by atoms with van der Waals surface area (Å²) in [6, 6.07) is 13.2. The van der Waals surface area contributed by atoms with Crippen LogP contribution in [-0.2, 0) is 4.79 Å². The van der Waals surface area contributed by atoms with Crippen LogP contribution in [0.3, 0.4) is 0 Å². The average molecular weight is 400 g/mol. The lowest BCUT2D eigenvalue weighted by molar-refractivity contribution is -0.123. The number of amides is 2. The van der Waals surface area contributed by atoms with E-state index >= 15 is 0 Å². The Morgan fingerprint density at radius 3 is 2.41 bits per heavy atom. The maximum absolute atomic E-state index is 13.8. The number of carbonyl (C=O) groups is 2. The number of hydrogen-bond acceptors (Lipinski definition) is 4. The number of ether oxygens (including phenoxy) is 2. The Morgan fingerprint density at radius 2 is 1.72 bits per heavy atom. The molecule has 0 atom stereocenters. The molecule has 2 aromatic carbocycles. The van der Waals surface area contributed by atoms with E-state index in [2.05, 4.69) is 5.32 Å². The topological polar surface area (TPSA) is 67.9 Å². The van der Waals surface area contributed by atoms with E-state index in [1.807, 2.05) is 12.1 Å². The molecule has 0 radical (unpaired) electrons. The molecular formula is C22H25FN2O4. The van der Waals surface area contributed by atoms with E-state index < -0.39 is 5.82 Å². The third kappa shape index (κ3) is 5.47. The van der Waals surface area contributed by atoms with E-state index in [-0.39, 0.29) is 29.9 Å². The molecule has 6 nitrogen and oxygen atoms in total. The number of halogens is 1. The minimum atomic E-state index is -0.498. The van der Waals surface area contributed by atoms with Crippen LogP contribution < -0.4 is 14.8 Å². The highest BCUT2D eigenvalue weighted by atomic mass is 19.1. The number of benzene rings is 2. The smallest absolute Gasteiger partial charge is 0.257 e. The van der Waals surface area contributed by atoms with Gasteiger partial charge in [0.1, 0.15) is 5.82 Å². The van der Waals surface area contributed by atoms with Gasteiger partial charge in [0.2, 0.25) is 0 Å². The van der Waals surface area contributed by atoms with Crippen LogP contribution >= 0.6 is 0 Å². The molecule has 1 N–H and O–H groups in total. The summed E-state index contributed by atoms with van der Waals surface area (Å²) in [7, 11) is 1.55. The molecule has 1 fully saturated rings. The molecule has 2 aromatic rings. The first-order valence-corrected chi connectivity index (χ1v) is 9.65. The lowest BCUT2D eigenvalue weighted by Gasteiger charge is -2.32. The molecule has 0 aromatic heterocycles. The molecule has 0 spiro atoms. The molecule has 3 rings (SSSR count). The van der Waals surface area contributed by atoms with Gasteiger partial charge in [0.05, 0.1) is 12.7 Å². The lowest BCUT2D eigenvalue weighted by Crippen LogP contribution is -2.42. The van der Waals surface area contributed by atoms with Crippen LogP contribution in [0.15, 0.2) is 48.5 Å². The first kappa shape index (κ1) is 20.6. The maximum atomic E-state index is 13.8. The van der Waals surface area contributed by atoms with Crippen molar-refractivity contribution in [3.8, 4) is 11.5 Å². The number of methoxy groups -OCH3 is 1. The fourth-order valence-electron chi connectivity index (χ4n) is 3.34. The van der Waals surface area contributed by atoms with Gasteiger partial charge in [-0.3, -0.25) is 9.59 Å². The molecule has 0 saturated carbocycles. The van der Waals surface area contributed by atoms with Gasteiger partial charge in [0.25, 0.3) is 11.8 Å². The van der Waals surface area contributed by atoms with Gasteiger partial charge < -0.3 is 19.7 Å². The average Bonchev–Trinajstić information content (AvgIpc) is 2.76. The van der Waals surface area contributed by atoms with Crippen molar-refractivity contribution < 1.29 is 23.5 Å². The summed E-state index contributed by atoms with van der Waals surface area (Å²) in [5.41, 5.74) is 0.104. The van der Waals surface area contributed by atoms with Crippen molar-refractivity contribution in [2.75, 3.05) is 33.4 Å². The monoisotopic (exact) mass is 400 g/mol. The van der Waals surface area contributed by atoms with Crippen molar-refractivity contribution in [3.05, 3.63) is 59.9 Å². The van der Waals surface area contributed by atoms with Crippen LogP contribution in [0.25, 0.3) is 0 Å². The summed E-state index contributed by atoms with van der Waals surface area (Å²) in [5, 5.41) is 2.88. The minimum absolute atomic E-state index is 0.0923. The molecular weight excluding hydrogens is 375 g/mol. The molecule has 2 amide bonds. The number of hydrogen-bond donors (Lipinski definition) is 1. The first-order valence-electron chi connectivity index (χ1n) is 9.65. The van der Waals surface area contributed by atoms with Crippen molar-refractivity contribution in [3.63, 3.8) is 0 Å². The zero-order chi connectivity index (χ0) is 20.6. The van der Waals surface area contributed by atoms with Gasteiger partial charge in [0.15, 0.2) is 18.1 Å². The minimum Gasteiger partial charge on any atom is -0.493 e. The van der Waals surface area contributed by atoms with Crippen molar-refractivity contribution in [2.24, 2.45) is 5.92 Å². The van der Waals surface area contributed by atoms with Crippen LogP contribution in [0.4, 0.5) is 4.39 Å². The molecule has 1 aliphatic heterocycles. The molecule has 1 aliphatic rings. The Kier molecular flexibility index (Phi) is 7.05. The Labute approximate surface area is 169 Å². The fourth-order valence-corrected chi connectivity index (χ4v) is 3.34. The zero-order valence-corrected chi connectivity index (χ0v) is 16.4. The van der Waals surface area contributed by atoms with Crippen LogP contribution in [-0.4, -0.2) is 50.1 Å². The second-order valence-electron chi connectivity index (χ2n) is 6.96. The van der Waals surface area contributed by atoms with E-state index in [9.17, 15) is 14.0 Å². The summed E-state index contributed by atoms with van der Waals surface area (Å²) < 4.78 is 24.5. The number of nitrogens with one attached hydrogen (secondary N) is 1. The highest BCUT2D eigenvalue weighted by Gasteiger charge is 2.25. The van der Waals surface area contributed by atoms with Crippen LogP contribution in [0.1, 0.15) is 23.2 Å². The summed E-state index contributed by atoms with van der Waals surface area (Å²) in [6.07, 6.45) is 1.52. The van der Waals surface area contributed by atoms with E-state index in [1.54, 1.807) is 36.3 Å². The van der Waals surface area contributed by atoms with E-state index in [4.69, 9.17) is 9.47 Å². The summed E-state index contributed by atoms with van der Waals surface area (Å²) >= 11 is 0. The molecule has 29 heavy (non-hydrogen) atoms. The summed E-state index contributed by atoms with van der Waals surface area (Å²) in [5.74, 6) is 0.380. The third-order valence-electron chi connectivity index (χ3n) is 5.02. The SMILES string of the molecule is COc1ccccc1OCC(=O)NCC1CCN(C(=O)c2ccccc2F)CC1. The van der Waals surface area contributed by atoms with E-state index in [0.29, 0.717) is 31.1 Å². The van der Waals surface area contributed by atoms with Gasteiger partial charge in [0, 0.05) is 19.6 Å². The molecule has 0 bridgehead atoms. The normalized spacial score (nSPS) is 14.3. The molecule has 1 saturated heterocycles. The maximum Gasteiger partial charge on any atom is 0.257 e. The standard InChI is InChI=1S/C22H25FN2O4/c1-28-19-8-4-5-9-20(19)29-15-21(26)24-14-16-10-12-25(13-11-16)22(27)17-6-2-3-7-18(17)23/h2-9,16H,10-15H2,1H3,(H,24,26). The number of rotatable bonds is 7. The number of nitrogens with zero attached hydrogens (tertiary/aromatic N) is 1. The van der Waals surface area contributed by atoms with Crippen LogP contribution in [0, 0.1) is 11.7 Å². The first-order chi connectivity index (χ1) is 14.1. The Morgan fingerprint density at radius 1 is 1.07 bits per heavy atom. The van der Waals surface area contributed by atoms with Crippen molar-refractivity contribution in [1.82, 2.24) is 10.2 Å². The second kappa shape index (κ2) is 9.91. The van der Waals surface area contributed by atoms with E-state index in [0.717, 1.165) is 12.8 Å². The van der Waals surface area contributed by atoms with Crippen molar-refractivity contribution in [1.29, 1.82) is 0 Å². The number of para-hydroxylation sites is 2.